The minimum absolute atomic E-state index is 0.778. The maximum atomic E-state index is 5.41. The number of benzene rings is 1. The summed E-state index contributed by atoms with van der Waals surface area (Å²) in [7, 11) is 3.33. The van der Waals surface area contributed by atoms with Crippen LogP contribution in [-0.4, -0.2) is 20.8 Å². The fourth-order valence-corrected chi connectivity index (χ4v) is 2.69. The molecule has 1 aromatic carbocycles. The van der Waals surface area contributed by atoms with Gasteiger partial charge in [0, 0.05) is 23.5 Å². The molecule has 0 aliphatic carbocycles. The number of ether oxygens (including phenoxy) is 2. The zero-order valence-corrected chi connectivity index (χ0v) is 12.1. The van der Waals surface area contributed by atoms with Gasteiger partial charge in [0.15, 0.2) is 11.5 Å². The van der Waals surface area contributed by atoms with Crippen molar-refractivity contribution < 1.29 is 9.47 Å². The number of nitrogens with one attached hydrogen (secondary N) is 1. The third-order valence-electron chi connectivity index (χ3n) is 2.93. The molecule has 102 valence electrons. The molecule has 1 heterocycles. The lowest BCUT2D eigenvalue weighted by Crippen LogP contribution is -2.16. The molecule has 0 unspecified atom stereocenters. The minimum Gasteiger partial charge on any atom is -0.493 e. The highest BCUT2D eigenvalue weighted by Gasteiger charge is 2.08. The van der Waals surface area contributed by atoms with Gasteiger partial charge in [-0.1, -0.05) is 18.2 Å². The summed E-state index contributed by atoms with van der Waals surface area (Å²) in [6, 6.07) is 10.2. The van der Waals surface area contributed by atoms with E-state index in [1.807, 2.05) is 12.1 Å². The Labute approximate surface area is 118 Å². The van der Waals surface area contributed by atoms with Crippen molar-refractivity contribution in [1.29, 1.82) is 0 Å². The Morgan fingerprint density at radius 2 is 2.00 bits per heavy atom. The van der Waals surface area contributed by atoms with Crippen LogP contribution in [0.15, 0.2) is 35.7 Å². The van der Waals surface area contributed by atoms with Gasteiger partial charge < -0.3 is 14.8 Å². The van der Waals surface area contributed by atoms with Gasteiger partial charge in [-0.2, -0.15) is 0 Å². The first-order valence-electron chi connectivity index (χ1n) is 6.28. The summed E-state index contributed by atoms with van der Waals surface area (Å²) in [6.45, 7) is 1.74. The van der Waals surface area contributed by atoms with Gasteiger partial charge in [-0.05, 0) is 23.9 Å². The van der Waals surface area contributed by atoms with Crippen LogP contribution in [0.4, 0.5) is 0 Å². The second kappa shape index (κ2) is 7.16. The van der Waals surface area contributed by atoms with Gasteiger partial charge in [-0.3, -0.25) is 0 Å². The number of hydrogen-bond acceptors (Lipinski definition) is 4. The number of thiophene rings is 1. The van der Waals surface area contributed by atoms with Crippen molar-refractivity contribution >= 4 is 11.3 Å². The van der Waals surface area contributed by atoms with E-state index in [0.717, 1.165) is 36.6 Å². The fourth-order valence-electron chi connectivity index (χ4n) is 1.98. The van der Waals surface area contributed by atoms with Crippen LogP contribution < -0.4 is 14.8 Å². The van der Waals surface area contributed by atoms with Crippen molar-refractivity contribution in [3.63, 3.8) is 0 Å². The van der Waals surface area contributed by atoms with E-state index in [-0.39, 0.29) is 0 Å². The first kappa shape index (κ1) is 13.9. The Morgan fingerprint density at radius 3 is 2.68 bits per heavy atom. The predicted octanol–water partition coefficient (Wildman–Crippen LogP) is 3.10. The average Bonchev–Trinajstić information content (AvgIpc) is 2.96. The Bertz CT molecular complexity index is 497. The molecule has 1 N–H and O–H groups in total. The van der Waals surface area contributed by atoms with E-state index < -0.39 is 0 Å². The molecule has 3 nitrogen and oxygen atoms in total. The number of methoxy groups -OCH3 is 2. The van der Waals surface area contributed by atoms with Crippen molar-refractivity contribution in [2.24, 2.45) is 0 Å². The number of hydrogen-bond donors (Lipinski definition) is 1. The van der Waals surface area contributed by atoms with E-state index in [2.05, 4.69) is 28.9 Å². The van der Waals surface area contributed by atoms with Gasteiger partial charge in [0.25, 0.3) is 0 Å². The molecule has 0 saturated heterocycles. The molecule has 0 atom stereocenters. The van der Waals surface area contributed by atoms with Gasteiger partial charge in [-0.15, -0.1) is 11.3 Å². The van der Waals surface area contributed by atoms with E-state index >= 15 is 0 Å². The van der Waals surface area contributed by atoms with Crippen LogP contribution >= 0.6 is 11.3 Å². The summed E-state index contributed by atoms with van der Waals surface area (Å²) >= 11 is 1.80. The summed E-state index contributed by atoms with van der Waals surface area (Å²) in [5, 5.41) is 5.55. The molecule has 0 radical (unpaired) electrons. The first-order valence-corrected chi connectivity index (χ1v) is 7.16. The summed E-state index contributed by atoms with van der Waals surface area (Å²) in [6.07, 6.45) is 1.06. The zero-order valence-electron chi connectivity index (χ0n) is 11.3. The quantitative estimate of drug-likeness (QED) is 0.789. The smallest absolute Gasteiger partial charge is 0.165 e. The molecule has 0 amide bonds. The molecular weight excluding hydrogens is 258 g/mol. The molecule has 1 aromatic heterocycles. The molecule has 0 aliphatic rings. The summed E-state index contributed by atoms with van der Waals surface area (Å²) in [5.41, 5.74) is 1.12. The van der Waals surface area contributed by atoms with Crippen molar-refractivity contribution in [3.8, 4) is 11.5 Å². The highest BCUT2D eigenvalue weighted by atomic mass is 32.1. The summed E-state index contributed by atoms with van der Waals surface area (Å²) < 4.78 is 10.7. The Morgan fingerprint density at radius 1 is 1.11 bits per heavy atom. The maximum Gasteiger partial charge on any atom is 0.165 e. The Balaban J connectivity index is 1.88. The Kier molecular flexibility index (Phi) is 5.24. The number of para-hydroxylation sites is 1. The molecule has 0 fully saturated rings. The van der Waals surface area contributed by atoms with E-state index in [4.69, 9.17) is 9.47 Å². The average molecular weight is 277 g/mol. The van der Waals surface area contributed by atoms with Gasteiger partial charge in [0.1, 0.15) is 0 Å². The summed E-state index contributed by atoms with van der Waals surface area (Å²) in [5.74, 6) is 1.59. The molecule has 19 heavy (non-hydrogen) atoms. The highest BCUT2D eigenvalue weighted by Crippen LogP contribution is 2.30. The fraction of sp³-hybridized carbons (Fsp3) is 0.333. The molecule has 0 spiro atoms. The first-order chi connectivity index (χ1) is 9.35. The molecule has 0 aliphatic heterocycles. The summed E-state index contributed by atoms with van der Waals surface area (Å²) in [4.78, 5) is 1.41. The van der Waals surface area contributed by atoms with E-state index in [1.54, 1.807) is 25.6 Å². The van der Waals surface area contributed by atoms with Gasteiger partial charge in [0.05, 0.1) is 14.2 Å². The van der Waals surface area contributed by atoms with E-state index in [9.17, 15) is 0 Å². The molecule has 2 aromatic rings. The largest absolute Gasteiger partial charge is 0.493 e. The van der Waals surface area contributed by atoms with Crippen LogP contribution in [0, 0.1) is 0 Å². The number of rotatable bonds is 7. The lowest BCUT2D eigenvalue weighted by molar-refractivity contribution is 0.350. The van der Waals surface area contributed by atoms with Gasteiger partial charge in [0.2, 0.25) is 0 Å². The van der Waals surface area contributed by atoms with Crippen LogP contribution in [-0.2, 0) is 13.0 Å². The topological polar surface area (TPSA) is 30.5 Å². The van der Waals surface area contributed by atoms with Crippen molar-refractivity contribution in [2.45, 2.75) is 13.0 Å². The normalized spacial score (nSPS) is 10.4. The van der Waals surface area contributed by atoms with Crippen LogP contribution in [0.5, 0.6) is 11.5 Å². The van der Waals surface area contributed by atoms with E-state index in [0.29, 0.717) is 0 Å². The Hall–Kier alpha value is -1.52. The third kappa shape index (κ3) is 3.72. The predicted molar refractivity (Wildman–Crippen MR) is 79.3 cm³/mol. The zero-order chi connectivity index (χ0) is 13.5. The molecule has 2 rings (SSSR count). The van der Waals surface area contributed by atoms with Crippen LogP contribution in [0.3, 0.4) is 0 Å². The highest BCUT2D eigenvalue weighted by molar-refractivity contribution is 7.09. The lowest BCUT2D eigenvalue weighted by Gasteiger charge is -2.13. The molecular formula is C15H19NO2S. The van der Waals surface area contributed by atoms with Crippen LogP contribution in [0.25, 0.3) is 0 Å². The standard InChI is InChI=1S/C15H19NO2S/c1-17-14-7-3-5-12(15(14)18-2)11-16-9-8-13-6-4-10-19-13/h3-7,10,16H,8-9,11H2,1-2H3. The van der Waals surface area contributed by atoms with Crippen molar-refractivity contribution in [3.05, 3.63) is 46.2 Å². The maximum absolute atomic E-state index is 5.41. The van der Waals surface area contributed by atoms with Gasteiger partial charge >= 0.3 is 0 Å². The minimum atomic E-state index is 0.778. The lowest BCUT2D eigenvalue weighted by atomic mass is 10.2. The second-order valence-corrected chi connectivity index (χ2v) is 5.19. The monoisotopic (exact) mass is 277 g/mol. The molecule has 0 saturated carbocycles. The van der Waals surface area contributed by atoms with Crippen molar-refractivity contribution in [1.82, 2.24) is 5.32 Å². The van der Waals surface area contributed by atoms with Crippen LogP contribution in [0.2, 0.25) is 0 Å². The van der Waals surface area contributed by atoms with Crippen LogP contribution in [0.1, 0.15) is 10.4 Å². The third-order valence-corrected chi connectivity index (χ3v) is 3.86. The van der Waals surface area contributed by atoms with E-state index in [1.165, 1.54) is 4.88 Å². The SMILES string of the molecule is COc1cccc(CNCCc2cccs2)c1OC. The van der Waals surface area contributed by atoms with Gasteiger partial charge in [-0.25, -0.2) is 0 Å². The van der Waals surface area contributed by atoms with Crippen molar-refractivity contribution in [2.75, 3.05) is 20.8 Å². The molecule has 4 heteroatoms. The second-order valence-electron chi connectivity index (χ2n) is 4.16. The molecule has 0 bridgehead atoms.